The van der Waals surface area contributed by atoms with Gasteiger partial charge in [0.25, 0.3) is 11.6 Å². The lowest BCUT2D eigenvalue weighted by Crippen LogP contribution is -2.25. The van der Waals surface area contributed by atoms with Crippen LogP contribution in [0.15, 0.2) is 29.8 Å². The molecule has 0 bridgehead atoms. The Balaban J connectivity index is 2.01. The molecule has 0 unspecified atom stereocenters. The molecule has 0 aliphatic heterocycles. The van der Waals surface area contributed by atoms with Crippen LogP contribution in [-0.2, 0) is 6.42 Å². The second-order valence-electron chi connectivity index (χ2n) is 4.07. The number of nitrogens with two attached hydrogens (primary N) is 1. The summed E-state index contributed by atoms with van der Waals surface area (Å²) in [4.78, 5) is 26.3. The number of nitrogens with zero attached hydrogens (tertiary/aromatic N) is 2. The van der Waals surface area contributed by atoms with Crippen LogP contribution in [0.4, 0.5) is 11.4 Å². The van der Waals surface area contributed by atoms with Crippen molar-refractivity contribution in [3.63, 3.8) is 0 Å². The molecular formula is C12H13N5O3S. The van der Waals surface area contributed by atoms with Gasteiger partial charge in [-0.2, -0.15) is 0 Å². The zero-order chi connectivity index (χ0) is 15.2. The molecule has 0 radical (unpaired) electrons. The number of nitro benzene ring substituents is 1. The highest BCUT2D eigenvalue weighted by Crippen LogP contribution is 2.24. The molecule has 9 heteroatoms. The number of carbonyl (C=O) groups excluding carboxylic acids is 1. The molecule has 8 nitrogen and oxygen atoms in total. The Morgan fingerprint density at radius 2 is 2.29 bits per heavy atom. The first kappa shape index (κ1) is 14.9. The zero-order valence-corrected chi connectivity index (χ0v) is 11.7. The molecule has 0 fully saturated rings. The van der Waals surface area contributed by atoms with Gasteiger partial charge in [-0.15, -0.1) is 11.3 Å². The summed E-state index contributed by atoms with van der Waals surface area (Å²) >= 11 is 1.51. The summed E-state index contributed by atoms with van der Waals surface area (Å²) in [5, 5.41) is 16.4. The SMILES string of the molecule is NNc1ccc(C(=O)NCCc2nccs2)cc1[N+](=O)[O-]. The Kier molecular flexibility index (Phi) is 4.80. The quantitative estimate of drug-likeness (QED) is 0.420. The van der Waals surface area contributed by atoms with Crippen LogP contribution in [-0.4, -0.2) is 22.4 Å². The summed E-state index contributed by atoms with van der Waals surface area (Å²) in [6.45, 7) is 0.414. The topological polar surface area (TPSA) is 123 Å². The number of hydrogen-bond acceptors (Lipinski definition) is 7. The average molecular weight is 307 g/mol. The monoisotopic (exact) mass is 307 g/mol. The first-order valence-corrected chi connectivity index (χ1v) is 6.91. The maximum atomic E-state index is 11.9. The molecule has 21 heavy (non-hydrogen) atoms. The van der Waals surface area contributed by atoms with E-state index in [0.717, 1.165) is 5.01 Å². The van der Waals surface area contributed by atoms with Gasteiger partial charge in [0.05, 0.1) is 9.93 Å². The fourth-order valence-corrected chi connectivity index (χ4v) is 2.33. The van der Waals surface area contributed by atoms with Gasteiger partial charge in [-0.05, 0) is 12.1 Å². The van der Waals surface area contributed by atoms with Crippen LogP contribution in [0.25, 0.3) is 0 Å². The molecule has 2 rings (SSSR count). The largest absolute Gasteiger partial charge is 0.352 e. The van der Waals surface area contributed by atoms with Crippen LogP contribution in [0.5, 0.6) is 0 Å². The number of aromatic nitrogens is 1. The maximum absolute atomic E-state index is 11.9. The highest BCUT2D eigenvalue weighted by molar-refractivity contribution is 7.09. The van der Waals surface area contributed by atoms with Crippen molar-refractivity contribution in [1.29, 1.82) is 0 Å². The lowest BCUT2D eigenvalue weighted by Gasteiger charge is -2.06. The molecule has 0 atom stereocenters. The van der Waals surface area contributed by atoms with Crippen LogP contribution in [0.3, 0.4) is 0 Å². The number of hydrazine groups is 1. The van der Waals surface area contributed by atoms with Crippen molar-refractivity contribution >= 4 is 28.6 Å². The molecule has 0 saturated heterocycles. The molecule has 0 aliphatic rings. The summed E-state index contributed by atoms with van der Waals surface area (Å²) in [6.07, 6.45) is 2.32. The minimum absolute atomic E-state index is 0.152. The van der Waals surface area contributed by atoms with E-state index >= 15 is 0 Å². The molecule has 1 amide bonds. The summed E-state index contributed by atoms with van der Waals surface area (Å²) in [5.41, 5.74) is 2.34. The van der Waals surface area contributed by atoms with Gasteiger partial charge in [0.15, 0.2) is 0 Å². The minimum Gasteiger partial charge on any atom is -0.352 e. The number of nitrogen functional groups attached to an aromatic ring is 1. The van der Waals surface area contributed by atoms with Crippen LogP contribution in [0, 0.1) is 10.1 Å². The molecule has 2 aromatic rings. The Bertz CT molecular complexity index is 644. The fourth-order valence-electron chi connectivity index (χ4n) is 1.71. The standard InChI is InChI=1S/C12H13N5O3S/c13-16-9-2-1-8(7-10(9)17(19)20)12(18)15-4-3-11-14-5-6-21-11/h1-2,5-7,16H,3-4,13H2,(H,15,18). The van der Waals surface area contributed by atoms with Gasteiger partial charge in [0.2, 0.25) is 0 Å². The Morgan fingerprint density at radius 1 is 1.48 bits per heavy atom. The third-order valence-corrected chi connectivity index (χ3v) is 3.56. The second-order valence-corrected chi connectivity index (χ2v) is 5.04. The van der Waals surface area contributed by atoms with Gasteiger partial charge in [-0.1, -0.05) is 0 Å². The van der Waals surface area contributed by atoms with E-state index in [1.807, 2.05) is 5.38 Å². The summed E-state index contributed by atoms with van der Waals surface area (Å²) < 4.78 is 0. The van der Waals surface area contributed by atoms with Crippen LogP contribution < -0.4 is 16.6 Å². The Labute approximate surface area is 124 Å². The number of carbonyl (C=O) groups is 1. The highest BCUT2D eigenvalue weighted by Gasteiger charge is 2.16. The van der Waals surface area contributed by atoms with Gasteiger partial charge in [0, 0.05) is 36.2 Å². The van der Waals surface area contributed by atoms with Gasteiger partial charge < -0.3 is 10.7 Å². The van der Waals surface area contributed by atoms with Crippen molar-refractivity contribution < 1.29 is 9.72 Å². The molecule has 0 spiro atoms. The predicted octanol–water partition coefficient (Wildman–Crippen LogP) is 1.31. The van der Waals surface area contributed by atoms with Gasteiger partial charge in [0.1, 0.15) is 5.69 Å². The highest BCUT2D eigenvalue weighted by atomic mass is 32.1. The zero-order valence-electron chi connectivity index (χ0n) is 10.9. The first-order chi connectivity index (χ1) is 10.1. The molecule has 110 valence electrons. The van der Waals surface area contributed by atoms with Crippen molar-refractivity contribution in [3.05, 3.63) is 50.5 Å². The number of rotatable bonds is 6. The predicted molar refractivity (Wildman–Crippen MR) is 79.1 cm³/mol. The van der Waals surface area contributed by atoms with Crippen molar-refractivity contribution in [3.8, 4) is 0 Å². The lowest BCUT2D eigenvalue weighted by molar-refractivity contribution is -0.384. The molecule has 1 heterocycles. The molecule has 0 aliphatic carbocycles. The van der Waals surface area contributed by atoms with Crippen molar-refractivity contribution in [2.75, 3.05) is 12.0 Å². The first-order valence-electron chi connectivity index (χ1n) is 6.03. The number of hydrogen-bond donors (Lipinski definition) is 3. The fraction of sp³-hybridized carbons (Fsp3) is 0.167. The Morgan fingerprint density at radius 3 is 2.90 bits per heavy atom. The van der Waals surface area contributed by atoms with Gasteiger partial charge in [-0.3, -0.25) is 20.8 Å². The molecule has 1 aromatic carbocycles. The van der Waals surface area contributed by atoms with Crippen LogP contribution in [0.1, 0.15) is 15.4 Å². The van der Waals surface area contributed by atoms with Gasteiger partial charge in [-0.25, -0.2) is 4.98 Å². The van der Waals surface area contributed by atoms with E-state index in [9.17, 15) is 14.9 Å². The average Bonchev–Trinajstić information content (AvgIpc) is 2.99. The van der Waals surface area contributed by atoms with E-state index in [1.54, 1.807) is 6.20 Å². The lowest BCUT2D eigenvalue weighted by atomic mass is 10.1. The van der Waals surface area contributed by atoms with Crippen molar-refractivity contribution in [1.82, 2.24) is 10.3 Å². The van der Waals surface area contributed by atoms with Crippen LogP contribution in [0.2, 0.25) is 0 Å². The van der Waals surface area contributed by atoms with Crippen molar-refractivity contribution in [2.24, 2.45) is 5.84 Å². The number of anilines is 1. The van der Waals surface area contributed by atoms with E-state index in [-0.39, 0.29) is 22.8 Å². The smallest absolute Gasteiger partial charge is 0.294 e. The van der Waals surface area contributed by atoms with Crippen molar-refractivity contribution in [2.45, 2.75) is 6.42 Å². The van der Waals surface area contributed by atoms with Crippen LogP contribution >= 0.6 is 11.3 Å². The number of amides is 1. The van der Waals surface area contributed by atoms with E-state index in [2.05, 4.69) is 15.7 Å². The number of nitro groups is 1. The van der Waals surface area contributed by atoms with E-state index in [4.69, 9.17) is 5.84 Å². The number of nitrogens with one attached hydrogen (secondary N) is 2. The number of benzene rings is 1. The molecule has 1 aromatic heterocycles. The van der Waals surface area contributed by atoms with Gasteiger partial charge >= 0.3 is 0 Å². The third kappa shape index (κ3) is 3.74. The number of thiazole rings is 1. The third-order valence-electron chi connectivity index (χ3n) is 2.72. The molecule has 4 N–H and O–H groups in total. The normalized spacial score (nSPS) is 10.1. The summed E-state index contributed by atoms with van der Waals surface area (Å²) in [7, 11) is 0. The van der Waals surface area contributed by atoms with E-state index < -0.39 is 4.92 Å². The van der Waals surface area contributed by atoms with E-state index in [1.165, 1.54) is 29.5 Å². The maximum Gasteiger partial charge on any atom is 0.294 e. The summed E-state index contributed by atoms with van der Waals surface area (Å²) in [6, 6.07) is 4.06. The Hall–Kier alpha value is -2.52. The van der Waals surface area contributed by atoms with E-state index in [0.29, 0.717) is 13.0 Å². The minimum atomic E-state index is -0.596. The summed E-state index contributed by atoms with van der Waals surface area (Å²) in [5.74, 6) is 4.81. The molecule has 0 saturated carbocycles. The second kappa shape index (κ2) is 6.77. The molecular weight excluding hydrogens is 294 g/mol.